The van der Waals surface area contributed by atoms with Crippen LogP contribution >= 0.6 is 11.3 Å². The Morgan fingerprint density at radius 1 is 0.773 bits per heavy atom. The van der Waals surface area contributed by atoms with Crippen molar-refractivity contribution in [2.45, 2.75) is 53.9 Å². The molecule has 2 aliphatic carbocycles. The lowest BCUT2D eigenvalue weighted by molar-refractivity contribution is 0.0990. The van der Waals surface area contributed by atoms with E-state index < -0.39 is 0 Å². The molecule has 0 spiro atoms. The summed E-state index contributed by atoms with van der Waals surface area (Å²) in [6.45, 7) is 18.6. The highest BCUT2D eigenvalue weighted by molar-refractivity contribution is 7.16. The highest BCUT2D eigenvalue weighted by Crippen LogP contribution is 2.54. The summed E-state index contributed by atoms with van der Waals surface area (Å²) >= 11 is 1.64. The Morgan fingerprint density at radius 2 is 1.39 bits per heavy atom. The van der Waals surface area contributed by atoms with Gasteiger partial charge in [-0.3, -0.25) is 9.59 Å². The van der Waals surface area contributed by atoms with Crippen molar-refractivity contribution in [3.05, 3.63) is 148 Å². The van der Waals surface area contributed by atoms with Gasteiger partial charge in [-0.1, -0.05) is 109 Å². The van der Waals surface area contributed by atoms with E-state index >= 15 is 0 Å². The molecule has 0 saturated heterocycles. The van der Waals surface area contributed by atoms with Crippen molar-refractivity contribution in [1.29, 1.82) is 0 Å². The monoisotopic (exact) mass is 599 g/mol. The van der Waals surface area contributed by atoms with E-state index in [-0.39, 0.29) is 22.6 Å². The molecule has 0 atom stereocenters. The Morgan fingerprint density at radius 3 is 1.98 bits per heavy atom. The van der Waals surface area contributed by atoms with E-state index in [4.69, 9.17) is 0 Å². The number of hydrogen-bond donors (Lipinski definition) is 0. The summed E-state index contributed by atoms with van der Waals surface area (Å²) in [5, 5.41) is 0. The normalized spacial score (nSPS) is 14.2. The maximum atomic E-state index is 13.0. The number of ketones is 2. The fourth-order valence-electron chi connectivity index (χ4n) is 5.68. The first-order valence-corrected chi connectivity index (χ1v) is 16.2. The van der Waals surface area contributed by atoms with Gasteiger partial charge in [0, 0.05) is 43.4 Å². The van der Waals surface area contributed by atoms with Crippen LogP contribution in [0.25, 0.3) is 16.5 Å². The zero-order chi connectivity index (χ0) is 32.0. The molecule has 0 N–H and O–H groups in total. The summed E-state index contributed by atoms with van der Waals surface area (Å²) in [7, 11) is 0. The molecule has 3 aromatic carbocycles. The minimum absolute atomic E-state index is 0.191. The predicted molar refractivity (Wildman–Crippen MR) is 189 cm³/mol. The molecule has 0 saturated carbocycles. The van der Waals surface area contributed by atoms with Gasteiger partial charge in [0.2, 0.25) is 0 Å². The van der Waals surface area contributed by atoms with Crippen LogP contribution in [0.1, 0.15) is 85.2 Å². The molecule has 6 rings (SSSR count). The maximum Gasteiger partial charge on any atom is 0.197 e. The molecular formula is C40H41NO2S. The number of nitrogens with zero attached hydrogens (tertiary/aromatic N) is 1. The number of anilines is 2. The zero-order valence-corrected chi connectivity index (χ0v) is 27.6. The van der Waals surface area contributed by atoms with Crippen molar-refractivity contribution in [1.82, 2.24) is 0 Å². The van der Waals surface area contributed by atoms with Gasteiger partial charge in [0.25, 0.3) is 0 Å². The molecule has 4 aromatic rings. The largest absolute Gasteiger partial charge is 0.311 e. The van der Waals surface area contributed by atoms with E-state index in [1.54, 1.807) is 41.7 Å². The quantitative estimate of drug-likeness (QED) is 0.126. The lowest BCUT2D eigenvalue weighted by Crippen LogP contribution is -2.18. The fraction of sp³-hybridized carbons (Fsp3) is 0.200. The van der Waals surface area contributed by atoms with Gasteiger partial charge in [0.15, 0.2) is 11.6 Å². The van der Waals surface area contributed by atoms with Gasteiger partial charge in [0.1, 0.15) is 0 Å². The van der Waals surface area contributed by atoms with Crippen LogP contribution in [0.5, 0.6) is 0 Å². The molecule has 1 heterocycles. The minimum Gasteiger partial charge on any atom is -0.311 e. The summed E-state index contributed by atoms with van der Waals surface area (Å²) in [6, 6.07) is 26.1. The molecule has 2 aliphatic rings. The fourth-order valence-corrected chi connectivity index (χ4v) is 6.98. The highest BCUT2D eigenvalue weighted by Gasteiger charge is 2.39. The first kappa shape index (κ1) is 32.4. The first-order valence-electron chi connectivity index (χ1n) is 15.3. The van der Waals surface area contributed by atoms with Crippen LogP contribution in [-0.2, 0) is 5.41 Å². The van der Waals surface area contributed by atoms with Gasteiger partial charge in [-0.25, -0.2) is 0 Å². The SMILES string of the molecule is C=C/C(=C\C=C/C)N(c1ccccc1)c1ccc2c(c1)C(C)(C)c1cc(C=C3C(=O)c4ccccc4C3=O)sc1-2.CC.CC. The van der Waals surface area contributed by atoms with Crippen LogP contribution < -0.4 is 4.90 Å². The van der Waals surface area contributed by atoms with Crippen molar-refractivity contribution in [3.8, 4) is 10.4 Å². The smallest absolute Gasteiger partial charge is 0.197 e. The Bertz CT molecular complexity index is 1750. The Balaban J connectivity index is 0.00000106. The number of allylic oxidation sites excluding steroid dienone is 5. The standard InChI is InChI=1S/C36H29NO2S.2C2H6/c1-5-7-13-23(6-2)37(24-14-9-8-10-15-24)25-18-19-29-31(20-25)36(3,4)32-22-26(40-35(29)32)21-30-33(38)27-16-11-12-17-28(27)34(30)39;2*1-2/h5-22H,2H2,1,3-4H3;2*1-2H3/b7-5-,23-13+;;. The lowest BCUT2D eigenvalue weighted by Gasteiger charge is -2.28. The predicted octanol–water partition coefficient (Wildman–Crippen LogP) is 11.4. The third-order valence-electron chi connectivity index (χ3n) is 7.74. The highest BCUT2D eigenvalue weighted by atomic mass is 32.1. The van der Waals surface area contributed by atoms with E-state index in [0.717, 1.165) is 21.9 Å². The summed E-state index contributed by atoms with van der Waals surface area (Å²) in [5.74, 6) is -0.382. The molecule has 44 heavy (non-hydrogen) atoms. The third kappa shape index (κ3) is 5.70. The number of carbonyl (C=O) groups is 2. The minimum atomic E-state index is -0.246. The topological polar surface area (TPSA) is 37.4 Å². The Labute approximate surface area is 266 Å². The van der Waals surface area contributed by atoms with Crippen LogP contribution in [0.15, 0.2) is 121 Å². The summed E-state index contributed by atoms with van der Waals surface area (Å²) < 4.78 is 0. The number of thiophene rings is 1. The second-order valence-electron chi connectivity index (χ2n) is 10.5. The van der Waals surface area contributed by atoms with Crippen molar-refractivity contribution in [2.75, 3.05) is 4.90 Å². The molecule has 0 aliphatic heterocycles. The second kappa shape index (κ2) is 13.8. The zero-order valence-electron chi connectivity index (χ0n) is 26.8. The van der Waals surface area contributed by atoms with Crippen LogP contribution in [-0.4, -0.2) is 11.6 Å². The van der Waals surface area contributed by atoms with E-state index in [0.29, 0.717) is 11.1 Å². The van der Waals surface area contributed by atoms with Gasteiger partial charge in [-0.2, -0.15) is 0 Å². The number of fused-ring (bicyclic) bond motifs is 4. The van der Waals surface area contributed by atoms with Gasteiger partial charge in [-0.15, -0.1) is 11.3 Å². The number of benzene rings is 3. The first-order chi connectivity index (χ1) is 21.3. The van der Waals surface area contributed by atoms with Crippen molar-refractivity contribution < 1.29 is 9.59 Å². The molecule has 0 amide bonds. The molecule has 224 valence electrons. The Hall–Kier alpha value is -4.54. The average molecular weight is 600 g/mol. The molecule has 0 unspecified atom stereocenters. The van der Waals surface area contributed by atoms with Crippen molar-refractivity contribution in [3.63, 3.8) is 0 Å². The van der Waals surface area contributed by atoms with Gasteiger partial charge >= 0.3 is 0 Å². The molecular weight excluding hydrogens is 559 g/mol. The summed E-state index contributed by atoms with van der Waals surface area (Å²) in [6.07, 6.45) is 9.76. The maximum absolute atomic E-state index is 13.0. The molecule has 3 nitrogen and oxygen atoms in total. The van der Waals surface area contributed by atoms with Crippen molar-refractivity contribution in [2.24, 2.45) is 0 Å². The molecule has 1 aromatic heterocycles. The van der Waals surface area contributed by atoms with Gasteiger partial charge in [0.05, 0.1) is 5.57 Å². The molecule has 4 heteroatoms. The number of hydrogen-bond acceptors (Lipinski definition) is 4. The van der Waals surface area contributed by atoms with Crippen LogP contribution in [0.4, 0.5) is 11.4 Å². The van der Waals surface area contributed by atoms with Crippen LogP contribution in [0, 0.1) is 0 Å². The Kier molecular flexibility index (Phi) is 10.2. The number of Topliss-reactive ketones (excluding diaryl/α,β-unsaturated/α-hetero) is 2. The van der Waals surface area contributed by atoms with Crippen molar-refractivity contribution >= 4 is 40.4 Å². The van der Waals surface area contributed by atoms with E-state index in [1.807, 2.05) is 71.0 Å². The van der Waals surface area contributed by atoms with Gasteiger partial charge < -0.3 is 4.90 Å². The number of carbonyl (C=O) groups excluding carboxylic acids is 2. The molecule has 0 fully saturated rings. The molecule has 0 radical (unpaired) electrons. The lowest BCUT2D eigenvalue weighted by atomic mass is 9.82. The molecule has 0 bridgehead atoms. The number of rotatable bonds is 6. The average Bonchev–Trinajstić information content (AvgIpc) is 3.67. The van der Waals surface area contributed by atoms with E-state index in [1.165, 1.54) is 21.6 Å². The summed E-state index contributed by atoms with van der Waals surface area (Å²) in [5.41, 5.74) is 7.75. The third-order valence-corrected chi connectivity index (χ3v) is 8.85. The van der Waals surface area contributed by atoms with E-state index in [2.05, 4.69) is 67.8 Å². The van der Waals surface area contributed by atoms with E-state index in [9.17, 15) is 9.59 Å². The number of para-hydroxylation sites is 1. The van der Waals surface area contributed by atoms with Gasteiger partial charge in [-0.05, 0) is 72.2 Å². The summed E-state index contributed by atoms with van der Waals surface area (Å²) in [4.78, 5) is 30.3. The van der Waals surface area contributed by atoms with Crippen LogP contribution in [0.2, 0.25) is 0 Å². The van der Waals surface area contributed by atoms with Crippen LogP contribution in [0.3, 0.4) is 0 Å². The second-order valence-corrected chi connectivity index (χ2v) is 11.6.